The molecule has 0 saturated carbocycles. The zero-order valence-corrected chi connectivity index (χ0v) is 7.54. The summed E-state index contributed by atoms with van der Waals surface area (Å²) in [6.45, 7) is 0.584. The van der Waals surface area contributed by atoms with Crippen LogP contribution in [0.2, 0.25) is 0 Å². The maximum absolute atomic E-state index is 5.47. The second-order valence-corrected chi connectivity index (χ2v) is 2.64. The maximum Gasteiger partial charge on any atom is 0.104 e. The van der Waals surface area contributed by atoms with Gasteiger partial charge in [0.05, 0.1) is 6.54 Å². The number of nitrogens with two attached hydrogens (primary N) is 1. The Hall–Kier alpha value is -1.03. The van der Waals surface area contributed by atoms with Crippen LogP contribution in [0.4, 0.5) is 0 Å². The zero-order valence-electron chi connectivity index (χ0n) is 6.64. The average molecular weight is 181 g/mol. The van der Waals surface area contributed by atoms with Crippen LogP contribution >= 0.6 is 12.6 Å². The Morgan fingerprint density at radius 2 is 2.50 bits per heavy atom. The van der Waals surface area contributed by atoms with Crippen molar-refractivity contribution in [3.63, 3.8) is 0 Å². The number of thiol groups is 1. The molecule has 1 rings (SSSR count). The number of aromatic nitrogens is 1. The quantitative estimate of drug-likeness (QED) is 0.413. The van der Waals surface area contributed by atoms with Gasteiger partial charge in [0.2, 0.25) is 0 Å². The summed E-state index contributed by atoms with van der Waals surface area (Å²) in [6.07, 6.45) is 3.50. The molecular formula is C8H11N3S. The van der Waals surface area contributed by atoms with Crippen molar-refractivity contribution in [2.45, 2.75) is 6.54 Å². The molecule has 0 aliphatic carbocycles. The summed E-state index contributed by atoms with van der Waals surface area (Å²) in [5.41, 5.74) is 6.53. The van der Waals surface area contributed by atoms with Gasteiger partial charge in [-0.3, -0.25) is 9.98 Å². The Morgan fingerprint density at radius 1 is 1.67 bits per heavy atom. The van der Waals surface area contributed by atoms with Crippen molar-refractivity contribution in [1.82, 2.24) is 4.98 Å². The van der Waals surface area contributed by atoms with E-state index in [9.17, 15) is 0 Å². The van der Waals surface area contributed by atoms with Crippen LogP contribution in [0.5, 0.6) is 0 Å². The van der Waals surface area contributed by atoms with E-state index >= 15 is 0 Å². The van der Waals surface area contributed by atoms with Gasteiger partial charge in [0.25, 0.3) is 0 Å². The Balaban J connectivity index is 2.54. The van der Waals surface area contributed by atoms with Gasteiger partial charge >= 0.3 is 0 Å². The minimum absolute atomic E-state index is 0.500. The highest BCUT2D eigenvalue weighted by Gasteiger charge is 1.89. The summed E-state index contributed by atoms with van der Waals surface area (Å²) in [5.74, 6) is 1.06. The molecule has 2 N–H and O–H groups in total. The molecule has 0 radical (unpaired) electrons. The van der Waals surface area contributed by atoms with Crippen molar-refractivity contribution < 1.29 is 0 Å². The minimum Gasteiger partial charge on any atom is -0.387 e. The van der Waals surface area contributed by atoms with Gasteiger partial charge in [-0.25, -0.2) is 0 Å². The third-order valence-electron chi connectivity index (χ3n) is 1.35. The number of nitrogens with zero attached hydrogens (tertiary/aromatic N) is 2. The fraction of sp³-hybridized carbons (Fsp3) is 0.250. The van der Waals surface area contributed by atoms with E-state index in [4.69, 9.17) is 5.73 Å². The average Bonchev–Trinajstić information content (AvgIpc) is 2.16. The topological polar surface area (TPSA) is 51.3 Å². The highest BCUT2D eigenvalue weighted by atomic mass is 32.1. The standard InChI is InChI=1S/C8H11N3S/c9-8(6-12)11-5-7-2-1-3-10-4-7/h1-4,12H,5-6H2,(H2,9,11). The molecule has 0 saturated heterocycles. The molecule has 1 aromatic heterocycles. The van der Waals surface area contributed by atoms with Gasteiger partial charge < -0.3 is 5.73 Å². The Bertz CT molecular complexity index is 258. The second-order valence-electron chi connectivity index (χ2n) is 2.33. The Morgan fingerprint density at radius 3 is 3.08 bits per heavy atom. The maximum atomic E-state index is 5.47. The molecule has 0 amide bonds. The summed E-state index contributed by atoms with van der Waals surface area (Å²) in [7, 11) is 0. The lowest BCUT2D eigenvalue weighted by molar-refractivity contribution is 1.04. The van der Waals surface area contributed by atoms with Gasteiger partial charge in [0.15, 0.2) is 0 Å². The summed E-state index contributed by atoms with van der Waals surface area (Å²) in [5, 5.41) is 0. The first-order valence-electron chi connectivity index (χ1n) is 3.61. The van der Waals surface area contributed by atoms with E-state index in [-0.39, 0.29) is 0 Å². The first-order valence-corrected chi connectivity index (χ1v) is 4.24. The first-order chi connectivity index (χ1) is 5.83. The van der Waals surface area contributed by atoms with E-state index < -0.39 is 0 Å². The van der Waals surface area contributed by atoms with Gasteiger partial charge in [-0.2, -0.15) is 12.6 Å². The summed E-state index contributed by atoms with van der Waals surface area (Å²) < 4.78 is 0. The van der Waals surface area contributed by atoms with Crippen molar-refractivity contribution >= 4 is 18.5 Å². The van der Waals surface area contributed by atoms with Crippen LogP contribution < -0.4 is 5.73 Å². The number of amidine groups is 1. The molecule has 64 valence electrons. The summed E-state index contributed by atoms with van der Waals surface area (Å²) >= 11 is 3.99. The number of hydrogen-bond acceptors (Lipinski definition) is 3. The van der Waals surface area contributed by atoms with Crippen LogP contribution in [0.3, 0.4) is 0 Å². The number of aliphatic imine (C=N–C) groups is 1. The fourth-order valence-corrected chi connectivity index (χ4v) is 0.834. The molecule has 0 atom stereocenters. The normalized spacial score (nSPS) is 11.6. The van der Waals surface area contributed by atoms with E-state index in [1.807, 2.05) is 12.1 Å². The van der Waals surface area contributed by atoms with Crippen molar-refractivity contribution in [3.05, 3.63) is 30.1 Å². The van der Waals surface area contributed by atoms with Gasteiger partial charge in [0, 0.05) is 18.1 Å². The molecule has 0 aliphatic rings. The molecule has 1 aromatic rings. The molecule has 1 heterocycles. The molecule has 0 aliphatic heterocycles. The Labute approximate surface area is 77.1 Å². The summed E-state index contributed by atoms with van der Waals surface area (Å²) in [4.78, 5) is 8.05. The van der Waals surface area contributed by atoms with Crippen molar-refractivity contribution in [3.8, 4) is 0 Å². The fourth-order valence-electron chi connectivity index (χ4n) is 0.734. The second kappa shape index (κ2) is 4.77. The molecule has 4 heteroatoms. The Kier molecular flexibility index (Phi) is 3.60. The van der Waals surface area contributed by atoms with Crippen LogP contribution in [0, 0.1) is 0 Å². The van der Waals surface area contributed by atoms with E-state index in [0.29, 0.717) is 18.1 Å². The lowest BCUT2D eigenvalue weighted by Crippen LogP contribution is -2.13. The molecule has 0 aromatic carbocycles. The SMILES string of the molecule is NC(CS)=NCc1cccnc1. The van der Waals surface area contributed by atoms with Crippen molar-refractivity contribution in [2.75, 3.05) is 5.75 Å². The molecule has 0 bridgehead atoms. The van der Waals surface area contributed by atoms with E-state index in [1.54, 1.807) is 12.4 Å². The van der Waals surface area contributed by atoms with Gasteiger partial charge in [-0.15, -0.1) is 0 Å². The van der Waals surface area contributed by atoms with Gasteiger partial charge in [-0.1, -0.05) is 6.07 Å². The third kappa shape index (κ3) is 2.92. The molecule has 3 nitrogen and oxygen atoms in total. The van der Waals surface area contributed by atoms with Crippen LogP contribution in [-0.2, 0) is 6.54 Å². The third-order valence-corrected chi connectivity index (χ3v) is 1.67. The highest BCUT2D eigenvalue weighted by Crippen LogP contribution is 1.97. The van der Waals surface area contributed by atoms with Crippen molar-refractivity contribution in [1.29, 1.82) is 0 Å². The molecule has 0 fully saturated rings. The lowest BCUT2D eigenvalue weighted by atomic mass is 10.3. The molecule has 0 unspecified atom stereocenters. The van der Waals surface area contributed by atoms with Crippen LogP contribution in [0.15, 0.2) is 29.5 Å². The van der Waals surface area contributed by atoms with Crippen LogP contribution in [-0.4, -0.2) is 16.6 Å². The van der Waals surface area contributed by atoms with E-state index in [2.05, 4.69) is 22.6 Å². The predicted molar refractivity (Wildman–Crippen MR) is 53.4 cm³/mol. The van der Waals surface area contributed by atoms with Crippen LogP contribution in [0.1, 0.15) is 5.56 Å². The van der Waals surface area contributed by atoms with Gasteiger partial charge in [0.1, 0.15) is 5.84 Å². The number of hydrogen-bond donors (Lipinski definition) is 2. The summed E-state index contributed by atoms with van der Waals surface area (Å²) in [6, 6.07) is 3.84. The molecule has 12 heavy (non-hydrogen) atoms. The van der Waals surface area contributed by atoms with E-state index in [1.165, 1.54) is 0 Å². The minimum atomic E-state index is 0.500. The van der Waals surface area contributed by atoms with E-state index in [0.717, 1.165) is 5.56 Å². The molecule has 0 spiro atoms. The predicted octanol–water partition coefficient (Wildman–Crippen LogP) is 0.869. The lowest BCUT2D eigenvalue weighted by Gasteiger charge is -1.96. The zero-order chi connectivity index (χ0) is 8.81. The first kappa shape index (κ1) is 9.06. The largest absolute Gasteiger partial charge is 0.387 e. The smallest absolute Gasteiger partial charge is 0.104 e. The number of pyridine rings is 1. The highest BCUT2D eigenvalue weighted by molar-refractivity contribution is 7.81. The molecular weight excluding hydrogens is 170 g/mol. The van der Waals surface area contributed by atoms with Crippen molar-refractivity contribution in [2.24, 2.45) is 10.7 Å². The monoisotopic (exact) mass is 181 g/mol. The number of rotatable bonds is 3. The van der Waals surface area contributed by atoms with Gasteiger partial charge in [-0.05, 0) is 11.6 Å². The van der Waals surface area contributed by atoms with Crippen LogP contribution in [0.25, 0.3) is 0 Å².